The number of hydrogen-bond acceptors (Lipinski definition) is 3. The highest BCUT2D eigenvalue weighted by Crippen LogP contribution is 2.16. The molecule has 0 saturated carbocycles. The highest BCUT2D eigenvalue weighted by Gasteiger charge is 2.12. The molecule has 6 heteroatoms. The normalized spacial score (nSPS) is 12.6. The van der Waals surface area contributed by atoms with Gasteiger partial charge in [-0.2, -0.15) is 0 Å². The maximum atomic E-state index is 12.8. The fourth-order valence-corrected chi connectivity index (χ4v) is 2.94. The Morgan fingerprint density at radius 2 is 1.67 bits per heavy atom. The molecule has 0 unspecified atom stereocenters. The molecule has 0 bridgehead atoms. The molecule has 0 aliphatic carbocycles. The van der Waals surface area contributed by atoms with E-state index in [1.807, 2.05) is 6.92 Å². The highest BCUT2D eigenvalue weighted by atomic mass is 32.2. The molecule has 0 saturated heterocycles. The zero-order chi connectivity index (χ0) is 17.7. The van der Waals surface area contributed by atoms with Gasteiger partial charge in [0.15, 0.2) is 9.84 Å². The Labute approximate surface area is 141 Å². The first-order valence-electron chi connectivity index (χ1n) is 7.59. The van der Waals surface area contributed by atoms with Crippen LogP contribution in [0.5, 0.6) is 0 Å². The predicted molar refractivity (Wildman–Crippen MR) is 90.8 cm³/mol. The summed E-state index contributed by atoms with van der Waals surface area (Å²) in [6.45, 7) is 1.84. The number of halogens is 1. The quantitative estimate of drug-likeness (QED) is 0.872. The Morgan fingerprint density at radius 1 is 1.08 bits per heavy atom. The molecule has 2 rings (SSSR count). The Balaban J connectivity index is 1.90. The molecular weight excluding hydrogens is 329 g/mol. The van der Waals surface area contributed by atoms with Crippen LogP contribution >= 0.6 is 0 Å². The monoisotopic (exact) mass is 349 g/mol. The first kappa shape index (κ1) is 18.1. The van der Waals surface area contributed by atoms with Crippen molar-refractivity contribution in [3.63, 3.8) is 0 Å². The largest absolute Gasteiger partial charge is 0.350 e. The van der Waals surface area contributed by atoms with Crippen LogP contribution in [0.4, 0.5) is 4.39 Å². The lowest BCUT2D eigenvalue weighted by atomic mass is 10.1. The molecule has 0 radical (unpaired) electrons. The van der Waals surface area contributed by atoms with Crippen molar-refractivity contribution in [1.82, 2.24) is 5.32 Å². The van der Waals surface area contributed by atoms with E-state index in [0.717, 1.165) is 17.4 Å². The van der Waals surface area contributed by atoms with Crippen molar-refractivity contribution in [3.8, 4) is 0 Å². The summed E-state index contributed by atoms with van der Waals surface area (Å²) in [4.78, 5) is 12.3. The molecule has 2 aromatic rings. The predicted octanol–water partition coefficient (Wildman–Crippen LogP) is 3.04. The molecular formula is C18H20FNO3S. The molecule has 1 N–H and O–H groups in total. The average Bonchev–Trinajstić information content (AvgIpc) is 2.53. The van der Waals surface area contributed by atoms with Crippen LogP contribution in [0.15, 0.2) is 53.4 Å². The molecule has 1 amide bonds. The molecule has 0 aliphatic heterocycles. The van der Waals surface area contributed by atoms with E-state index in [1.165, 1.54) is 24.3 Å². The van der Waals surface area contributed by atoms with Crippen LogP contribution in [-0.4, -0.2) is 20.6 Å². The highest BCUT2D eigenvalue weighted by molar-refractivity contribution is 7.90. The standard InChI is InChI=1S/C18H20FNO3S/c1-13(15-6-10-17(11-7-15)24(2,22)23)20-18(21)12-5-14-3-8-16(19)9-4-14/h3-4,6-11,13H,5,12H2,1-2H3,(H,20,21)/t13-/m0/s1. The van der Waals surface area contributed by atoms with Crippen LogP contribution in [0, 0.1) is 5.82 Å². The van der Waals surface area contributed by atoms with Gasteiger partial charge in [-0.15, -0.1) is 0 Å². The fraction of sp³-hybridized carbons (Fsp3) is 0.278. The van der Waals surface area contributed by atoms with Crippen molar-refractivity contribution < 1.29 is 17.6 Å². The summed E-state index contributed by atoms with van der Waals surface area (Å²) in [5.74, 6) is -0.409. The lowest BCUT2D eigenvalue weighted by Crippen LogP contribution is -2.26. The molecule has 0 spiro atoms. The van der Waals surface area contributed by atoms with Crippen LogP contribution in [0.2, 0.25) is 0 Å². The Hall–Kier alpha value is -2.21. The minimum absolute atomic E-state index is 0.112. The summed E-state index contributed by atoms with van der Waals surface area (Å²) in [6.07, 6.45) is 1.99. The third-order valence-corrected chi connectivity index (χ3v) is 4.87. The van der Waals surface area contributed by atoms with Gasteiger partial charge in [0.05, 0.1) is 10.9 Å². The summed E-state index contributed by atoms with van der Waals surface area (Å²) in [6, 6.07) is 12.3. The first-order valence-corrected chi connectivity index (χ1v) is 9.48. The first-order chi connectivity index (χ1) is 11.3. The maximum absolute atomic E-state index is 12.8. The van der Waals surface area contributed by atoms with Crippen LogP contribution in [0.3, 0.4) is 0 Å². The third-order valence-electron chi connectivity index (χ3n) is 3.74. The minimum Gasteiger partial charge on any atom is -0.350 e. The van der Waals surface area contributed by atoms with Crippen molar-refractivity contribution in [2.75, 3.05) is 6.26 Å². The van der Waals surface area contributed by atoms with E-state index in [-0.39, 0.29) is 22.7 Å². The summed E-state index contributed by atoms with van der Waals surface area (Å²) >= 11 is 0. The second-order valence-electron chi connectivity index (χ2n) is 5.76. The Morgan fingerprint density at radius 3 is 2.21 bits per heavy atom. The number of amides is 1. The third kappa shape index (κ3) is 5.16. The van der Waals surface area contributed by atoms with Gasteiger partial charge < -0.3 is 5.32 Å². The SMILES string of the molecule is C[C@H](NC(=O)CCc1ccc(F)cc1)c1ccc(S(C)(=O)=O)cc1. The summed E-state index contributed by atoms with van der Waals surface area (Å²) < 4.78 is 35.7. The van der Waals surface area contributed by atoms with E-state index >= 15 is 0 Å². The van der Waals surface area contributed by atoms with Gasteiger partial charge in [-0.3, -0.25) is 4.79 Å². The van der Waals surface area contributed by atoms with E-state index in [0.29, 0.717) is 12.8 Å². The van der Waals surface area contributed by atoms with Crippen molar-refractivity contribution in [3.05, 3.63) is 65.5 Å². The van der Waals surface area contributed by atoms with Gasteiger partial charge in [-0.05, 0) is 48.7 Å². The van der Waals surface area contributed by atoms with Crippen molar-refractivity contribution in [1.29, 1.82) is 0 Å². The molecule has 0 fully saturated rings. The van der Waals surface area contributed by atoms with Crippen molar-refractivity contribution in [2.24, 2.45) is 0 Å². The van der Waals surface area contributed by atoms with E-state index in [4.69, 9.17) is 0 Å². The van der Waals surface area contributed by atoms with Crippen LogP contribution in [0.25, 0.3) is 0 Å². The van der Waals surface area contributed by atoms with E-state index in [1.54, 1.807) is 24.3 Å². The molecule has 2 aromatic carbocycles. The molecule has 1 atom stereocenters. The van der Waals surface area contributed by atoms with Gasteiger partial charge >= 0.3 is 0 Å². The van der Waals surface area contributed by atoms with E-state index in [2.05, 4.69) is 5.32 Å². The molecule has 24 heavy (non-hydrogen) atoms. The smallest absolute Gasteiger partial charge is 0.220 e. The molecule has 0 aromatic heterocycles. The van der Waals surface area contributed by atoms with E-state index in [9.17, 15) is 17.6 Å². The Bertz CT molecular complexity index is 799. The number of rotatable bonds is 6. The van der Waals surface area contributed by atoms with Gasteiger partial charge in [0.1, 0.15) is 5.82 Å². The van der Waals surface area contributed by atoms with Crippen molar-refractivity contribution in [2.45, 2.75) is 30.7 Å². The van der Waals surface area contributed by atoms with Crippen LogP contribution < -0.4 is 5.32 Å². The number of nitrogens with one attached hydrogen (secondary N) is 1. The van der Waals surface area contributed by atoms with Gasteiger partial charge in [0.2, 0.25) is 5.91 Å². The summed E-state index contributed by atoms with van der Waals surface area (Å²) in [5, 5.41) is 2.87. The van der Waals surface area contributed by atoms with Gasteiger partial charge in [0.25, 0.3) is 0 Å². The lowest BCUT2D eigenvalue weighted by Gasteiger charge is -2.15. The number of benzene rings is 2. The number of carbonyl (C=O) groups excluding carboxylic acids is 1. The minimum atomic E-state index is -3.22. The van der Waals surface area contributed by atoms with Gasteiger partial charge in [-0.1, -0.05) is 24.3 Å². The average molecular weight is 349 g/mol. The molecule has 0 heterocycles. The summed E-state index contributed by atoms with van der Waals surface area (Å²) in [5.41, 5.74) is 1.73. The lowest BCUT2D eigenvalue weighted by molar-refractivity contribution is -0.121. The second-order valence-corrected chi connectivity index (χ2v) is 7.77. The maximum Gasteiger partial charge on any atom is 0.220 e. The van der Waals surface area contributed by atoms with Crippen LogP contribution in [-0.2, 0) is 21.1 Å². The van der Waals surface area contributed by atoms with Gasteiger partial charge in [-0.25, -0.2) is 12.8 Å². The number of sulfone groups is 1. The molecule has 0 aliphatic rings. The van der Waals surface area contributed by atoms with E-state index < -0.39 is 9.84 Å². The second kappa shape index (κ2) is 7.57. The zero-order valence-electron chi connectivity index (χ0n) is 13.6. The number of aryl methyl sites for hydroxylation is 1. The molecule has 4 nitrogen and oxygen atoms in total. The van der Waals surface area contributed by atoms with Crippen LogP contribution in [0.1, 0.15) is 30.5 Å². The number of hydrogen-bond donors (Lipinski definition) is 1. The summed E-state index contributed by atoms with van der Waals surface area (Å²) in [7, 11) is -3.22. The topological polar surface area (TPSA) is 63.2 Å². The van der Waals surface area contributed by atoms with Crippen molar-refractivity contribution >= 4 is 15.7 Å². The fourth-order valence-electron chi connectivity index (χ4n) is 2.31. The Kier molecular flexibility index (Phi) is 5.72. The van der Waals surface area contributed by atoms with Gasteiger partial charge in [0, 0.05) is 12.7 Å². The zero-order valence-corrected chi connectivity index (χ0v) is 14.4. The molecule has 128 valence electrons. The number of carbonyl (C=O) groups is 1.